The van der Waals surface area contributed by atoms with Crippen molar-refractivity contribution in [2.24, 2.45) is 5.10 Å². The van der Waals surface area contributed by atoms with E-state index in [4.69, 9.17) is 4.74 Å². The number of non-ortho nitro benzene ring substituents is 1. The average Bonchev–Trinajstić information content (AvgIpc) is 2.57. The number of nitrogens with one attached hydrogen (secondary N) is 1. The topological polar surface area (TPSA) is 114 Å². The minimum Gasteiger partial charge on any atom is -0.504 e. The van der Waals surface area contributed by atoms with Crippen molar-refractivity contribution in [1.29, 1.82) is 0 Å². The molecule has 0 bridgehead atoms. The number of phenolic OH excluding ortho intramolecular Hbond substituents is 1. The van der Waals surface area contributed by atoms with Crippen molar-refractivity contribution in [2.75, 3.05) is 7.11 Å². The lowest BCUT2D eigenvalue weighted by Gasteiger charge is -2.06. The fourth-order valence-electron chi connectivity index (χ4n) is 1.97. The van der Waals surface area contributed by atoms with Crippen molar-refractivity contribution in [3.8, 4) is 11.5 Å². The van der Waals surface area contributed by atoms with Gasteiger partial charge < -0.3 is 9.84 Å². The molecule has 2 aromatic carbocycles. The zero-order valence-corrected chi connectivity index (χ0v) is 12.8. The molecule has 2 rings (SSSR count). The van der Waals surface area contributed by atoms with Crippen molar-refractivity contribution in [2.45, 2.75) is 6.42 Å². The van der Waals surface area contributed by atoms with Crippen LogP contribution in [0.1, 0.15) is 11.1 Å². The molecule has 0 atom stereocenters. The van der Waals surface area contributed by atoms with E-state index in [2.05, 4.69) is 10.5 Å². The minimum atomic E-state index is -0.618. The van der Waals surface area contributed by atoms with Crippen LogP contribution in [0.4, 0.5) is 5.69 Å². The number of amides is 1. The number of benzene rings is 2. The molecule has 0 saturated carbocycles. The number of methoxy groups -OCH3 is 1. The fraction of sp³-hybridized carbons (Fsp3) is 0.125. The van der Waals surface area contributed by atoms with Gasteiger partial charge in [0.2, 0.25) is 5.91 Å². The van der Waals surface area contributed by atoms with Gasteiger partial charge in [0.1, 0.15) is 0 Å². The first-order chi connectivity index (χ1) is 11.5. The van der Waals surface area contributed by atoms with Gasteiger partial charge >= 0.3 is 0 Å². The predicted molar refractivity (Wildman–Crippen MR) is 87.2 cm³/mol. The fourth-order valence-corrected chi connectivity index (χ4v) is 1.97. The van der Waals surface area contributed by atoms with Crippen molar-refractivity contribution in [3.63, 3.8) is 0 Å². The van der Waals surface area contributed by atoms with E-state index in [1.54, 1.807) is 12.1 Å². The first-order valence-corrected chi connectivity index (χ1v) is 6.92. The summed E-state index contributed by atoms with van der Waals surface area (Å²) in [6.07, 6.45) is 1.26. The molecule has 8 nitrogen and oxygen atoms in total. The summed E-state index contributed by atoms with van der Waals surface area (Å²) in [5, 5.41) is 24.5. The molecule has 0 aliphatic carbocycles. The average molecular weight is 329 g/mol. The van der Waals surface area contributed by atoms with E-state index >= 15 is 0 Å². The smallest absolute Gasteiger partial charge is 0.274 e. The van der Waals surface area contributed by atoms with Gasteiger partial charge in [0.15, 0.2) is 11.5 Å². The molecule has 124 valence electrons. The Labute approximate surface area is 137 Å². The third kappa shape index (κ3) is 4.29. The Morgan fingerprint density at radius 2 is 2.08 bits per heavy atom. The lowest BCUT2D eigenvalue weighted by atomic mass is 10.1. The molecule has 0 saturated heterocycles. The number of hydrazone groups is 1. The summed E-state index contributed by atoms with van der Waals surface area (Å²) < 4.78 is 4.88. The molecule has 2 aromatic rings. The number of nitro benzene ring substituents is 1. The SMILES string of the molecule is COc1cc([N+](=O)[O-])cc(C=NNC(=O)Cc2ccccc2)c1O. The normalized spacial score (nSPS) is 10.5. The van der Waals surface area contributed by atoms with Gasteiger partial charge in [-0.25, -0.2) is 5.43 Å². The third-order valence-corrected chi connectivity index (χ3v) is 3.12. The van der Waals surface area contributed by atoms with Crippen LogP contribution >= 0.6 is 0 Å². The van der Waals surface area contributed by atoms with Crippen LogP contribution in [0.2, 0.25) is 0 Å². The van der Waals surface area contributed by atoms with Gasteiger partial charge in [-0.2, -0.15) is 5.10 Å². The number of ether oxygens (including phenoxy) is 1. The molecule has 0 aromatic heterocycles. The second-order valence-electron chi connectivity index (χ2n) is 4.80. The van der Waals surface area contributed by atoms with Gasteiger partial charge in [-0.3, -0.25) is 14.9 Å². The number of aromatic hydroxyl groups is 1. The van der Waals surface area contributed by atoms with Crippen LogP contribution in [-0.4, -0.2) is 29.3 Å². The molecule has 0 fully saturated rings. The summed E-state index contributed by atoms with van der Waals surface area (Å²) in [6.45, 7) is 0. The highest BCUT2D eigenvalue weighted by Gasteiger charge is 2.15. The van der Waals surface area contributed by atoms with E-state index in [1.165, 1.54) is 7.11 Å². The molecule has 0 aliphatic rings. The summed E-state index contributed by atoms with van der Waals surface area (Å²) in [5.74, 6) is -0.709. The summed E-state index contributed by atoms with van der Waals surface area (Å²) >= 11 is 0. The molecule has 1 amide bonds. The van der Waals surface area contributed by atoms with E-state index in [0.29, 0.717) is 0 Å². The standard InChI is InChI=1S/C16H15N3O5/c1-24-14-9-13(19(22)23)8-12(16(14)21)10-17-18-15(20)7-11-5-3-2-4-6-11/h2-6,8-10,21H,7H2,1H3,(H,18,20). The number of hydrogen-bond acceptors (Lipinski definition) is 6. The molecule has 0 spiro atoms. The maximum Gasteiger partial charge on any atom is 0.274 e. The number of rotatable bonds is 6. The molecule has 0 aliphatic heterocycles. The van der Waals surface area contributed by atoms with Crippen molar-refractivity contribution >= 4 is 17.8 Å². The van der Waals surface area contributed by atoms with Crippen LogP contribution in [0.25, 0.3) is 0 Å². The third-order valence-electron chi connectivity index (χ3n) is 3.12. The van der Waals surface area contributed by atoms with E-state index < -0.39 is 4.92 Å². The van der Waals surface area contributed by atoms with Crippen LogP contribution in [0, 0.1) is 10.1 Å². The maximum atomic E-state index is 11.8. The van der Waals surface area contributed by atoms with Gasteiger partial charge in [0, 0.05) is 11.6 Å². The Bertz CT molecular complexity index is 775. The molecule has 2 N–H and O–H groups in total. The number of phenols is 1. The first-order valence-electron chi connectivity index (χ1n) is 6.92. The second kappa shape index (κ2) is 7.73. The largest absolute Gasteiger partial charge is 0.504 e. The van der Waals surface area contributed by atoms with Crippen LogP contribution in [0.3, 0.4) is 0 Å². The van der Waals surface area contributed by atoms with Crippen LogP contribution in [0.15, 0.2) is 47.6 Å². The molecular weight excluding hydrogens is 314 g/mol. The summed E-state index contributed by atoms with van der Waals surface area (Å²) in [7, 11) is 1.28. The second-order valence-corrected chi connectivity index (χ2v) is 4.80. The van der Waals surface area contributed by atoms with E-state index in [-0.39, 0.29) is 35.1 Å². The van der Waals surface area contributed by atoms with Gasteiger partial charge in [-0.05, 0) is 5.56 Å². The Hall–Kier alpha value is -3.42. The van der Waals surface area contributed by atoms with Gasteiger partial charge in [-0.15, -0.1) is 0 Å². The summed E-state index contributed by atoms with van der Waals surface area (Å²) in [6, 6.07) is 11.3. The monoisotopic (exact) mass is 329 g/mol. The zero-order valence-electron chi connectivity index (χ0n) is 12.8. The van der Waals surface area contributed by atoms with Crippen molar-refractivity contribution in [1.82, 2.24) is 5.43 Å². The quantitative estimate of drug-likeness (QED) is 0.478. The van der Waals surface area contributed by atoms with Crippen LogP contribution in [-0.2, 0) is 11.2 Å². The van der Waals surface area contributed by atoms with E-state index in [9.17, 15) is 20.0 Å². The van der Waals surface area contributed by atoms with Crippen molar-refractivity contribution < 1.29 is 19.6 Å². The molecule has 0 unspecified atom stereocenters. The van der Waals surface area contributed by atoms with E-state index in [0.717, 1.165) is 23.9 Å². The Morgan fingerprint density at radius 3 is 2.71 bits per heavy atom. The van der Waals surface area contributed by atoms with E-state index in [1.807, 2.05) is 18.2 Å². The van der Waals surface area contributed by atoms with Crippen LogP contribution < -0.4 is 10.2 Å². The Kier molecular flexibility index (Phi) is 5.45. The van der Waals surface area contributed by atoms with Gasteiger partial charge in [-0.1, -0.05) is 30.3 Å². The number of carbonyl (C=O) groups is 1. The number of nitrogens with zero attached hydrogens (tertiary/aromatic N) is 2. The van der Waals surface area contributed by atoms with Crippen LogP contribution in [0.5, 0.6) is 11.5 Å². The number of carbonyl (C=O) groups excluding carboxylic acids is 1. The molecule has 24 heavy (non-hydrogen) atoms. The zero-order chi connectivity index (χ0) is 17.5. The maximum absolute atomic E-state index is 11.8. The van der Waals surface area contributed by atoms with Gasteiger partial charge in [0.25, 0.3) is 5.69 Å². The lowest BCUT2D eigenvalue weighted by molar-refractivity contribution is -0.385. The highest BCUT2D eigenvalue weighted by molar-refractivity contribution is 5.87. The summed E-state index contributed by atoms with van der Waals surface area (Å²) in [4.78, 5) is 22.0. The first kappa shape index (κ1) is 16.9. The molecule has 0 heterocycles. The highest BCUT2D eigenvalue weighted by atomic mass is 16.6. The highest BCUT2D eigenvalue weighted by Crippen LogP contribution is 2.33. The van der Waals surface area contributed by atoms with Gasteiger partial charge in [0.05, 0.1) is 30.7 Å². The predicted octanol–water partition coefficient (Wildman–Crippen LogP) is 2.00. The molecule has 8 heteroatoms. The molecule has 0 radical (unpaired) electrons. The van der Waals surface area contributed by atoms with Crippen molar-refractivity contribution in [3.05, 3.63) is 63.7 Å². The Balaban J connectivity index is 2.09. The molecular formula is C16H15N3O5. The summed E-state index contributed by atoms with van der Waals surface area (Å²) in [5.41, 5.74) is 2.92. The Morgan fingerprint density at radius 1 is 1.38 bits per heavy atom. The number of hydrogen-bond donors (Lipinski definition) is 2. The lowest BCUT2D eigenvalue weighted by Crippen LogP contribution is -2.19. The number of nitro groups is 1. The minimum absolute atomic E-state index is 0.0544.